The molecule has 0 aliphatic rings. The van der Waals surface area contributed by atoms with Gasteiger partial charge in [-0.2, -0.15) is 0 Å². The molecule has 1 amide bonds. The van der Waals surface area contributed by atoms with Gasteiger partial charge in [-0.05, 0) is 25.5 Å². The quantitative estimate of drug-likeness (QED) is 0.746. The molecule has 2 aromatic heterocycles. The van der Waals surface area contributed by atoms with Crippen LogP contribution < -0.4 is 10.6 Å². The fraction of sp³-hybridized carbons (Fsp3) is 0.235. The zero-order valence-corrected chi connectivity index (χ0v) is 14.2. The number of carbonyl (C=O) groups excluding carboxylic acids is 1. The number of hydrogen-bond acceptors (Lipinski definition) is 5. The van der Waals surface area contributed by atoms with Gasteiger partial charge >= 0.3 is 0 Å². The van der Waals surface area contributed by atoms with Gasteiger partial charge < -0.3 is 10.6 Å². The second-order valence-corrected chi connectivity index (χ2v) is 6.61. The highest BCUT2D eigenvalue weighted by Crippen LogP contribution is 2.32. The lowest BCUT2D eigenvalue weighted by molar-refractivity contribution is -0.119. The molecule has 0 unspecified atom stereocenters. The van der Waals surface area contributed by atoms with Gasteiger partial charge in [0, 0.05) is 17.0 Å². The highest BCUT2D eigenvalue weighted by Gasteiger charge is 2.12. The average Bonchev–Trinajstić information content (AvgIpc) is 2.87. The van der Waals surface area contributed by atoms with Crippen LogP contribution in [0.3, 0.4) is 0 Å². The van der Waals surface area contributed by atoms with E-state index in [4.69, 9.17) is 0 Å². The van der Waals surface area contributed by atoms with Crippen molar-refractivity contribution in [2.75, 3.05) is 11.9 Å². The van der Waals surface area contributed by atoms with Crippen molar-refractivity contribution in [1.82, 2.24) is 15.3 Å². The Morgan fingerprint density at radius 2 is 2.04 bits per heavy atom. The van der Waals surface area contributed by atoms with E-state index in [1.54, 1.807) is 29.5 Å². The number of hydrogen-bond donors (Lipinski definition) is 2. The largest absolute Gasteiger partial charge is 0.360 e. The number of benzene rings is 1. The summed E-state index contributed by atoms with van der Waals surface area (Å²) < 4.78 is 13.5. The van der Waals surface area contributed by atoms with Gasteiger partial charge in [-0.25, -0.2) is 14.4 Å². The van der Waals surface area contributed by atoms with E-state index >= 15 is 0 Å². The first-order valence-corrected chi connectivity index (χ1v) is 8.32. The van der Waals surface area contributed by atoms with E-state index in [1.807, 2.05) is 13.8 Å². The normalized spacial score (nSPS) is 10.8. The topological polar surface area (TPSA) is 66.9 Å². The summed E-state index contributed by atoms with van der Waals surface area (Å²) in [5, 5.41) is 6.68. The molecule has 24 heavy (non-hydrogen) atoms. The highest BCUT2D eigenvalue weighted by atomic mass is 32.1. The summed E-state index contributed by atoms with van der Waals surface area (Å²) in [5.41, 5.74) is 1.57. The van der Waals surface area contributed by atoms with Crippen LogP contribution in [-0.4, -0.2) is 22.4 Å². The Morgan fingerprint density at radius 1 is 1.25 bits per heavy atom. The van der Waals surface area contributed by atoms with E-state index in [-0.39, 0.29) is 24.8 Å². The molecule has 0 aliphatic carbocycles. The minimum absolute atomic E-state index is 0.0644. The number of aromatic nitrogens is 2. The van der Waals surface area contributed by atoms with E-state index in [2.05, 4.69) is 20.6 Å². The molecule has 3 rings (SSSR count). The third-order valence-electron chi connectivity index (χ3n) is 3.82. The van der Waals surface area contributed by atoms with Crippen LogP contribution in [0.5, 0.6) is 0 Å². The Kier molecular flexibility index (Phi) is 4.71. The zero-order chi connectivity index (χ0) is 17.1. The molecule has 0 radical (unpaired) electrons. The van der Waals surface area contributed by atoms with Gasteiger partial charge in [0.1, 0.15) is 22.8 Å². The first-order valence-electron chi connectivity index (χ1n) is 7.51. The predicted molar refractivity (Wildman–Crippen MR) is 93.6 cm³/mol. The van der Waals surface area contributed by atoms with Gasteiger partial charge in [0.2, 0.25) is 5.91 Å². The van der Waals surface area contributed by atoms with Gasteiger partial charge in [-0.3, -0.25) is 4.79 Å². The van der Waals surface area contributed by atoms with Gasteiger partial charge in [0.15, 0.2) is 0 Å². The molecule has 0 saturated heterocycles. The number of anilines is 1. The zero-order valence-electron chi connectivity index (χ0n) is 13.4. The Morgan fingerprint density at radius 3 is 2.83 bits per heavy atom. The minimum Gasteiger partial charge on any atom is -0.360 e. The summed E-state index contributed by atoms with van der Waals surface area (Å²) >= 11 is 1.60. The van der Waals surface area contributed by atoms with Crippen LogP contribution in [0.15, 0.2) is 30.6 Å². The summed E-state index contributed by atoms with van der Waals surface area (Å²) in [6, 6.07) is 6.38. The molecule has 0 aliphatic heterocycles. The molecule has 7 heteroatoms. The molecular weight excluding hydrogens is 327 g/mol. The van der Waals surface area contributed by atoms with Crippen LogP contribution in [0.1, 0.15) is 16.0 Å². The Hall–Kier alpha value is -2.54. The number of fused-ring (bicyclic) bond motifs is 1. The van der Waals surface area contributed by atoms with Crippen LogP contribution in [0, 0.1) is 19.7 Å². The Balaban J connectivity index is 1.64. The maximum Gasteiger partial charge on any atom is 0.239 e. The van der Waals surface area contributed by atoms with E-state index in [9.17, 15) is 9.18 Å². The van der Waals surface area contributed by atoms with Crippen LogP contribution >= 0.6 is 11.3 Å². The molecule has 3 aromatic rings. The molecule has 0 fully saturated rings. The number of carbonyl (C=O) groups is 1. The third kappa shape index (κ3) is 3.35. The molecule has 5 nitrogen and oxygen atoms in total. The van der Waals surface area contributed by atoms with Gasteiger partial charge in [0.05, 0.1) is 11.9 Å². The monoisotopic (exact) mass is 344 g/mol. The van der Waals surface area contributed by atoms with E-state index < -0.39 is 0 Å². The van der Waals surface area contributed by atoms with E-state index in [0.29, 0.717) is 11.4 Å². The van der Waals surface area contributed by atoms with Crippen molar-refractivity contribution >= 4 is 33.3 Å². The van der Waals surface area contributed by atoms with Crippen molar-refractivity contribution in [1.29, 1.82) is 0 Å². The summed E-state index contributed by atoms with van der Waals surface area (Å²) in [6.45, 7) is 4.27. The van der Waals surface area contributed by atoms with Crippen LogP contribution in [-0.2, 0) is 11.3 Å². The number of nitrogens with one attached hydrogen (secondary N) is 2. The van der Waals surface area contributed by atoms with Crippen LogP contribution in [0.2, 0.25) is 0 Å². The second-order valence-electron chi connectivity index (χ2n) is 5.41. The number of nitrogens with zero attached hydrogens (tertiary/aromatic N) is 2. The number of rotatable bonds is 5. The number of aryl methyl sites for hydroxylation is 2. The SMILES string of the molecule is Cc1sc2ncnc(NCC(=O)NCc3ccccc3F)c2c1C. The van der Waals surface area contributed by atoms with Gasteiger partial charge in [-0.15, -0.1) is 11.3 Å². The number of amides is 1. The lowest BCUT2D eigenvalue weighted by atomic mass is 10.2. The molecular formula is C17H17FN4OS. The fourth-order valence-corrected chi connectivity index (χ4v) is 3.38. The maximum atomic E-state index is 13.5. The minimum atomic E-state index is -0.326. The van der Waals surface area contributed by atoms with Crippen molar-refractivity contribution in [3.05, 3.63) is 52.4 Å². The summed E-state index contributed by atoms with van der Waals surface area (Å²) in [4.78, 5) is 22.6. The van der Waals surface area contributed by atoms with Crippen LogP contribution in [0.4, 0.5) is 10.2 Å². The second kappa shape index (κ2) is 6.92. The van der Waals surface area contributed by atoms with Crippen molar-refractivity contribution in [3.8, 4) is 0 Å². The van der Waals surface area contributed by atoms with Gasteiger partial charge in [-0.1, -0.05) is 18.2 Å². The first kappa shape index (κ1) is 16.3. The molecule has 2 heterocycles. The molecule has 0 saturated carbocycles. The smallest absolute Gasteiger partial charge is 0.239 e. The summed E-state index contributed by atoms with van der Waals surface area (Å²) in [6.07, 6.45) is 1.48. The van der Waals surface area contributed by atoms with Gasteiger partial charge in [0.25, 0.3) is 0 Å². The predicted octanol–water partition coefficient (Wildman–Crippen LogP) is 3.18. The molecule has 1 aromatic carbocycles. The molecule has 0 spiro atoms. The summed E-state index contributed by atoms with van der Waals surface area (Å²) in [5.74, 6) is 0.0881. The number of thiophene rings is 1. The van der Waals surface area contributed by atoms with Crippen molar-refractivity contribution in [3.63, 3.8) is 0 Å². The standard InChI is InChI=1S/C17H17FN4OS/c1-10-11(2)24-17-15(10)16(21-9-22-17)20-8-14(23)19-7-12-5-3-4-6-13(12)18/h3-6,9H,7-8H2,1-2H3,(H,19,23)(H,20,21,22). The first-order chi connectivity index (χ1) is 11.6. The average molecular weight is 344 g/mol. The highest BCUT2D eigenvalue weighted by molar-refractivity contribution is 7.18. The number of halogens is 1. The molecule has 0 bridgehead atoms. The lowest BCUT2D eigenvalue weighted by Gasteiger charge is -2.09. The van der Waals surface area contributed by atoms with Crippen molar-refractivity contribution in [2.24, 2.45) is 0 Å². The van der Waals surface area contributed by atoms with Crippen LogP contribution in [0.25, 0.3) is 10.2 Å². The Labute approximate surface area is 143 Å². The third-order valence-corrected chi connectivity index (χ3v) is 4.93. The Bertz CT molecular complexity index is 893. The molecule has 0 atom stereocenters. The molecule has 2 N–H and O–H groups in total. The lowest BCUT2D eigenvalue weighted by Crippen LogP contribution is -2.29. The van der Waals surface area contributed by atoms with Crippen molar-refractivity contribution in [2.45, 2.75) is 20.4 Å². The summed E-state index contributed by atoms with van der Waals surface area (Å²) in [7, 11) is 0. The van der Waals surface area contributed by atoms with E-state index in [1.165, 1.54) is 17.3 Å². The van der Waals surface area contributed by atoms with E-state index in [0.717, 1.165) is 15.8 Å². The van der Waals surface area contributed by atoms with Crippen molar-refractivity contribution < 1.29 is 9.18 Å². The fourth-order valence-electron chi connectivity index (χ4n) is 2.38. The molecule has 124 valence electrons. The maximum absolute atomic E-state index is 13.5.